The number of fused-ring (bicyclic) bond motifs is 1. The van der Waals surface area contributed by atoms with Crippen LogP contribution in [-0.4, -0.2) is 31.1 Å². The molecular weight excluding hydrogens is 378 g/mol. The highest BCUT2D eigenvalue weighted by Crippen LogP contribution is 2.34. The van der Waals surface area contributed by atoms with Crippen molar-refractivity contribution in [3.63, 3.8) is 0 Å². The fraction of sp³-hybridized carbons (Fsp3) is 0.286. The minimum atomic E-state index is -0.868. The molecule has 150 valence electrons. The van der Waals surface area contributed by atoms with Crippen LogP contribution >= 0.6 is 0 Å². The first-order chi connectivity index (χ1) is 13.9. The van der Waals surface area contributed by atoms with Gasteiger partial charge in [-0.1, -0.05) is 6.07 Å². The van der Waals surface area contributed by atoms with Crippen molar-refractivity contribution in [1.82, 2.24) is 0 Å². The Morgan fingerprint density at radius 1 is 1.24 bits per heavy atom. The maximum absolute atomic E-state index is 14.7. The van der Waals surface area contributed by atoms with Crippen LogP contribution in [0.2, 0.25) is 0 Å². The molecule has 2 heterocycles. The molecule has 1 fully saturated rings. The van der Waals surface area contributed by atoms with Gasteiger partial charge in [-0.3, -0.25) is 14.6 Å². The number of carbonyl (C=O) groups is 2. The molecule has 3 N–H and O–H groups in total. The summed E-state index contributed by atoms with van der Waals surface area (Å²) in [5.74, 6) is -2.89. The second kappa shape index (κ2) is 7.62. The molecule has 2 atom stereocenters. The summed E-state index contributed by atoms with van der Waals surface area (Å²) in [6.07, 6.45) is 2.79. The fourth-order valence-corrected chi connectivity index (χ4v) is 3.87. The van der Waals surface area contributed by atoms with Crippen molar-refractivity contribution in [2.75, 3.05) is 23.3 Å². The summed E-state index contributed by atoms with van der Waals surface area (Å²) in [5.41, 5.74) is 6.74. The number of halogens is 2. The Hall–Kier alpha value is -3.29. The number of nitrogens with zero attached hydrogens (tertiary/aromatic N) is 2. The third-order valence-corrected chi connectivity index (χ3v) is 5.37. The van der Waals surface area contributed by atoms with Crippen LogP contribution in [0.1, 0.15) is 24.3 Å². The number of aliphatic imine (C=N–C) groups is 1. The lowest BCUT2D eigenvalue weighted by molar-refractivity contribution is -0.122. The Kier molecular flexibility index (Phi) is 5.00. The van der Waals surface area contributed by atoms with Gasteiger partial charge < -0.3 is 16.0 Å². The van der Waals surface area contributed by atoms with Crippen molar-refractivity contribution in [1.29, 1.82) is 0 Å². The minimum Gasteiger partial charge on any atom is -0.369 e. The summed E-state index contributed by atoms with van der Waals surface area (Å²) in [6.45, 7) is 1.02. The molecule has 0 aliphatic carbocycles. The lowest BCUT2D eigenvalue weighted by Crippen LogP contribution is -2.41. The predicted octanol–water partition coefficient (Wildman–Crippen LogP) is 3.10. The highest BCUT2D eigenvalue weighted by atomic mass is 19.1. The number of nitrogens with one attached hydrogen (secondary N) is 1. The third kappa shape index (κ3) is 3.70. The first-order valence-electron chi connectivity index (χ1n) is 9.41. The first kappa shape index (κ1) is 19.0. The van der Waals surface area contributed by atoms with Gasteiger partial charge in [0.25, 0.3) is 0 Å². The van der Waals surface area contributed by atoms with Gasteiger partial charge in [-0.15, -0.1) is 0 Å². The van der Waals surface area contributed by atoms with Gasteiger partial charge >= 0.3 is 0 Å². The van der Waals surface area contributed by atoms with Crippen molar-refractivity contribution in [2.24, 2.45) is 16.6 Å². The van der Waals surface area contributed by atoms with Crippen LogP contribution in [0.3, 0.4) is 0 Å². The normalized spacial score (nSPS) is 21.3. The number of hydrogen-bond donors (Lipinski definition) is 2. The van der Waals surface area contributed by atoms with Crippen molar-refractivity contribution < 1.29 is 18.4 Å². The second-order valence-corrected chi connectivity index (χ2v) is 7.27. The average molecular weight is 398 g/mol. The molecule has 2 aromatic rings. The molecule has 29 heavy (non-hydrogen) atoms. The molecular formula is C21H20F2N4O2. The van der Waals surface area contributed by atoms with Gasteiger partial charge in [0.15, 0.2) is 0 Å². The molecule has 2 aliphatic rings. The number of primary amides is 1. The molecule has 8 heteroatoms. The Morgan fingerprint density at radius 2 is 2.07 bits per heavy atom. The molecule has 0 spiro atoms. The van der Waals surface area contributed by atoms with Gasteiger partial charge in [0.05, 0.1) is 17.3 Å². The summed E-state index contributed by atoms with van der Waals surface area (Å²) in [4.78, 5) is 29.6. The summed E-state index contributed by atoms with van der Waals surface area (Å²) >= 11 is 0. The lowest BCUT2D eigenvalue weighted by Gasteiger charge is -2.33. The van der Waals surface area contributed by atoms with Crippen LogP contribution in [0, 0.1) is 17.6 Å². The third-order valence-electron chi connectivity index (χ3n) is 5.37. The van der Waals surface area contributed by atoms with E-state index in [0.29, 0.717) is 36.6 Å². The number of carbonyl (C=O) groups excluding carboxylic acids is 2. The van der Waals surface area contributed by atoms with Crippen molar-refractivity contribution in [3.8, 4) is 0 Å². The molecule has 0 bridgehead atoms. The van der Waals surface area contributed by atoms with E-state index in [4.69, 9.17) is 5.73 Å². The highest BCUT2D eigenvalue weighted by molar-refractivity contribution is 6.12. The SMILES string of the molecule is NC(=O)C1CCCN(c2ccc(N=CC3C(=O)Nc4cccc(F)c43)cc2F)C1. The predicted molar refractivity (Wildman–Crippen MR) is 106 cm³/mol. The van der Waals surface area contributed by atoms with Crippen LogP contribution < -0.4 is 16.0 Å². The lowest BCUT2D eigenvalue weighted by atomic mass is 9.97. The standard InChI is InChI=1S/C21H20F2N4O2/c22-15-4-1-5-17-19(15)14(21(29)26-17)10-25-13-6-7-18(16(23)9-13)27-8-2-3-12(11-27)20(24)28/h1,4-7,9-10,12,14H,2-3,8,11H2,(H2,24,28)(H,26,29). The first-order valence-corrected chi connectivity index (χ1v) is 9.41. The molecule has 2 aliphatic heterocycles. The zero-order valence-corrected chi connectivity index (χ0v) is 15.6. The number of nitrogens with two attached hydrogens (primary N) is 1. The number of benzene rings is 2. The van der Waals surface area contributed by atoms with Crippen LogP contribution in [-0.2, 0) is 9.59 Å². The Labute approximate surface area is 166 Å². The van der Waals surface area contributed by atoms with Crippen LogP contribution in [0.5, 0.6) is 0 Å². The summed E-state index contributed by atoms with van der Waals surface area (Å²) < 4.78 is 28.8. The molecule has 1 saturated heterocycles. The number of anilines is 2. The number of hydrogen-bond acceptors (Lipinski definition) is 4. The maximum Gasteiger partial charge on any atom is 0.237 e. The van der Waals surface area contributed by atoms with Crippen LogP contribution in [0.25, 0.3) is 0 Å². The number of rotatable bonds is 4. The topological polar surface area (TPSA) is 87.8 Å². The van der Waals surface area contributed by atoms with Gasteiger partial charge in [-0.25, -0.2) is 8.78 Å². The van der Waals surface area contributed by atoms with Crippen molar-refractivity contribution in [2.45, 2.75) is 18.8 Å². The van der Waals surface area contributed by atoms with Crippen molar-refractivity contribution in [3.05, 3.63) is 53.6 Å². The van der Waals surface area contributed by atoms with Crippen molar-refractivity contribution >= 4 is 35.1 Å². The highest BCUT2D eigenvalue weighted by Gasteiger charge is 2.32. The van der Waals surface area contributed by atoms with E-state index < -0.39 is 17.6 Å². The van der Waals surface area contributed by atoms with E-state index in [0.717, 1.165) is 6.42 Å². The van der Waals surface area contributed by atoms with Gasteiger partial charge in [-0.05, 0) is 37.1 Å². The fourth-order valence-electron chi connectivity index (χ4n) is 3.87. The quantitative estimate of drug-likeness (QED) is 0.776. The Bertz CT molecular complexity index is 1010. The molecule has 0 radical (unpaired) electrons. The van der Waals surface area contributed by atoms with Crippen LogP contribution in [0.15, 0.2) is 41.4 Å². The Balaban J connectivity index is 1.54. The van der Waals surface area contributed by atoms with Gasteiger partial charge in [-0.2, -0.15) is 0 Å². The van der Waals surface area contributed by atoms with E-state index >= 15 is 0 Å². The molecule has 4 rings (SSSR count). The largest absolute Gasteiger partial charge is 0.369 e. The molecule has 2 amide bonds. The van der Waals surface area contributed by atoms with E-state index in [1.165, 1.54) is 24.4 Å². The Morgan fingerprint density at radius 3 is 2.83 bits per heavy atom. The van der Waals surface area contributed by atoms with Gasteiger partial charge in [0.1, 0.15) is 17.6 Å². The molecule has 0 aromatic heterocycles. The summed E-state index contributed by atoms with van der Waals surface area (Å²) in [7, 11) is 0. The van der Waals surface area contributed by atoms with E-state index in [1.54, 1.807) is 23.1 Å². The number of piperidine rings is 1. The zero-order valence-electron chi connectivity index (χ0n) is 15.6. The van der Waals surface area contributed by atoms with Gasteiger partial charge in [0.2, 0.25) is 11.8 Å². The van der Waals surface area contributed by atoms with E-state index in [1.807, 2.05) is 0 Å². The monoisotopic (exact) mass is 398 g/mol. The summed E-state index contributed by atoms with van der Waals surface area (Å²) in [6, 6.07) is 8.90. The van der Waals surface area contributed by atoms with Gasteiger partial charge in [0, 0.05) is 36.6 Å². The number of amides is 2. The maximum atomic E-state index is 14.7. The zero-order chi connectivity index (χ0) is 20.5. The van der Waals surface area contributed by atoms with E-state index in [-0.39, 0.29) is 23.3 Å². The minimum absolute atomic E-state index is 0.240. The molecule has 2 aromatic carbocycles. The van der Waals surface area contributed by atoms with E-state index in [2.05, 4.69) is 10.3 Å². The van der Waals surface area contributed by atoms with E-state index in [9.17, 15) is 18.4 Å². The average Bonchev–Trinajstić information content (AvgIpc) is 3.03. The molecule has 6 nitrogen and oxygen atoms in total. The smallest absolute Gasteiger partial charge is 0.237 e. The molecule has 2 unspecified atom stereocenters. The van der Waals surface area contributed by atoms with Crippen LogP contribution in [0.4, 0.5) is 25.8 Å². The molecule has 0 saturated carbocycles. The second-order valence-electron chi connectivity index (χ2n) is 7.27. The summed E-state index contributed by atoms with van der Waals surface area (Å²) in [5, 5.41) is 2.61.